The van der Waals surface area contributed by atoms with Gasteiger partial charge in [0.1, 0.15) is 37.1 Å². The lowest BCUT2D eigenvalue weighted by molar-refractivity contribution is -0.309. The molecule has 0 spiro atoms. The molecule has 18 heteroatoms. The summed E-state index contributed by atoms with van der Waals surface area (Å²) in [6.45, 7) is 8.23. The van der Waals surface area contributed by atoms with Crippen molar-refractivity contribution in [1.29, 1.82) is 0 Å². The molecule has 17 nitrogen and oxygen atoms in total. The summed E-state index contributed by atoms with van der Waals surface area (Å²) in [5.41, 5.74) is 0.620. The molecule has 0 unspecified atom stereocenters. The van der Waals surface area contributed by atoms with E-state index < -0.39 is 117 Å². The highest BCUT2D eigenvalue weighted by molar-refractivity contribution is 6.99. The summed E-state index contributed by atoms with van der Waals surface area (Å²) < 4.78 is 58.2. The number of hydrogen-bond donors (Lipinski definition) is 1. The van der Waals surface area contributed by atoms with Crippen molar-refractivity contribution < 1.29 is 76.2 Å². The van der Waals surface area contributed by atoms with Crippen LogP contribution in [0.25, 0.3) is 0 Å². The fraction of sp³-hybridized carbons (Fsp3) is 0.302. The fourth-order valence-corrected chi connectivity index (χ4v) is 15.0. The van der Waals surface area contributed by atoms with Crippen LogP contribution < -0.4 is 10.4 Å². The molecule has 6 aromatic carbocycles. The monoisotopic (exact) mass is 1120 g/mol. The molecule has 10 atom stereocenters. The summed E-state index contributed by atoms with van der Waals surface area (Å²) in [4.78, 5) is 86.3. The average Bonchev–Trinajstić information content (AvgIpc) is 3.92. The van der Waals surface area contributed by atoms with Crippen molar-refractivity contribution in [2.24, 2.45) is 0 Å². The molecule has 0 aromatic heterocycles. The standard InChI is InChI=1S/C63H63NO16Si/c1-39-40(2)56(67)64(55(39)66)49-52(50(65)47(76-61(49)72-6)38-74-81(63(3,4)5,45-33-21-11-22-34-45)46-35-23-12-24-36-46)80-62-54(78-60(71)44-31-19-10-20-32-44)53(77-59(70)43-29-17-9-18-30-43)51(79-62)48(75-58(69)42-27-15-8-16-28-42)37-73-57(68)41-25-13-7-14-26-41/h7-36,47-54,61-62,65H,37-38H2,1-6H3/t47-,48-,49-,50-,51-,52-,53+,54-,61+,62+/m1/s1. The maximum atomic E-state index is 14.5. The summed E-state index contributed by atoms with van der Waals surface area (Å²) in [5.74, 6) is -5.03. The first-order valence-corrected chi connectivity index (χ1v) is 28.4. The average molecular weight is 1120 g/mol. The van der Waals surface area contributed by atoms with Crippen LogP contribution in [0.4, 0.5) is 0 Å². The number of imide groups is 1. The third-order valence-corrected chi connectivity index (χ3v) is 19.7. The summed E-state index contributed by atoms with van der Waals surface area (Å²) in [6, 6.07) is 49.7. The van der Waals surface area contributed by atoms with Gasteiger partial charge in [0.2, 0.25) is 0 Å². The normalized spacial score (nSPS) is 23.4. The minimum Gasteiger partial charge on any atom is -0.458 e. The van der Waals surface area contributed by atoms with Gasteiger partial charge in [-0.25, -0.2) is 19.2 Å². The van der Waals surface area contributed by atoms with E-state index in [9.17, 15) is 33.9 Å². The molecule has 0 aliphatic carbocycles. The van der Waals surface area contributed by atoms with E-state index in [1.807, 2.05) is 60.7 Å². The Hall–Kier alpha value is -7.94. The van der Waals surface area contributed by atoms with E-state index in [1.165, 1.54) is 69.5 Å². The fourth-order valence-electron chi connectivity index (χ4n) is 10.5. The Morgan fingerprint density at radius 3 is 1.43 bits per heavy atom. The lowest BCUT2D eigenvalue weighted by Crippen LogP contribution is -2.70. The first-order chi connectivity index (χ1) is 39.0. The number of aliphatic hydroxyl groups excluding tert-OH is 1. The molecule has 3 aliphatic heterocycles. The van der Waals surface area contributed by atoms with E-state index in [0.29, 0.717) is 0 Å². The van der Waals surface area contributed by atoms with Crippen LogP contribution in [-0.2, 0) is 51.9 Å². The predicted molar refractivity (Wildman–Crippen MR) is 296 cm³/mol. The third-order valence-electron chi connectivity index (χ3n) is 14.7. The van der Waals surface area contributed by atoms with Gasteiger partial charge in [-0.3, -0.25) is 14.5 Å². The van der Waals surface area contributed by atoms with Crippen molar-refractivity contribution in [3.8, 4) is 0 Å². The number of esters is 4. The number of carbonyl (C=O) groups is 6. The summed E-state index contributed by atoms with van der Waals surface area (Å²) in [5, 5.41) is 14.4. The van der Waals surface area contributed by atoms with Gasteiger partial charge in [0, 0.05) is 18.3 Å². The Kier molecular flexibility index (Phi) is 18.0. The van der Waals surface area contributed by atoms with E-state index in [4.69, 9.17) is 42.3 Å². The molecule has 420 valence electrons. The Balaban J connectivity index is 1.16. The molecule has 0 saturated carbocycles. The molecule has 2 saturated heterocycles. The first kappa shape index (κ1) is 57.7. The largest absolute Gasteiger partial charge is 0.458 e. The molecule has 0 bridgehead atoms. The van der Waals surface area contributed by atoms with Gasteiger partial charge < -0.3 is 47.4 Å². The number of rotatable bonds is 19. The zero-order chi connectivity index (χ0) is 57.4. The number of hydrogen-bond acceptors (Lipinski definition) is 16. The maximum Gasteiger partial charge on any atom is 0.338 e. The van der Waals surface area contributed by atoms with Gasteiger partial charge >= 0.3 is 23.9 Å². The molecular weight excluding hydrogens is 1050 g/mol. The third kappa shape index (κ3) is 12.2. The molecule has 9 rings (SSSR count). The highest BCUT2D eigenvalue weighted by Gasteiger charge is 2.60. The Morgan fingerprint density at radius 1 is 0.568 bits per heavy atom. The van der Waals surface area contributed by atoms with Crippen LogP contribution in [0, 0.1) is 0 Å². The zero-order valence-corrected chi connectivity index (χ0v) is 46.5. The van der Waals surface area contributed by atoms with Crippen LogP contribution in [-0.4, -0.2) is 136 Å². The van der Waals surface area contributed by atoms with Gasteiger partial charge in [-0.05, 0) is 77.8 Å². The number of ether oxygens (including phenoxy) is 8. The lowest BCUT2D eigenvalue weighted by atomic mass is 9.95. The highest BCUT2D eigenvalue weighted by atomic mass is 28.4. The van der Waals surface area contributed by atoms with Crippen LogP contribution in [0.15, 0.2) is 193 Å². The predicted octanol–water partition coefficient (Wildman–Crippen LogP) is 7.01. The topological polar surface area (TPSA) is 209 Å². The van der Waals surface area contributed by atoms with Gasteiger partial charge in [0.05, 0.1) is 28.9 Å². The second-order valence-electron chi connectivity index (χ2n) is 20.8. The number of methoxy groups -OCH3 is 1. The van der Waals surface area contributed by atoms with E-state index in [2.05, 4.69) is 20.8 Å². The van der Waals surface area contributed by atoms with Gasteiger partial charge in [0.25, 0.3) is 20.1 Å². The number of aliphatic hydroxyl groups is 1. The van der Waals surface area contributed by atoms with Crippen molar-refractivity contribution >= 4 is 54.4 Å². The van der Waals surface area contributed by atoms with Gasteiger partial charge in [0.15, 0.2) is 30.9 Å². The SMILES string of the molecule is CO[C@H]1O[C@H](CO[Si](c2ccccc2)(c2ccccc2)C(C)(C)C)[C@@H](O)[C@H](O[C@@H]2O[C@H]([C@@H](COC(=O)c3ccccc3)OC(=O)c3ccccc3)[C@H](OC(=O)c3ccccc3)[C@H]2OC(=O)c2ccccc2)[C@H]1N1C(=O)C(C)=C(C)C1=O. The van der Waals surface area contributed by atoms with E-state index in [1.54, 1.807) is 72.8 Å². The second-order valence-corrected chi connectivity index (χ2v) is 25.1. The highest BCUT2D eigenvalue weighted by Crippen LogP contribution is 2.41. The molecule has 6 aromatic rings. The van der Waals surface area contributed by atoms with Crippen LogP contribution in [0.5, 0.6) is 0 Å². The van der Waals surface area contributed by atoms with Crippen molar-refractivity contribution in [2.45, 2.75) is 101 Å². The molecule has 3 aliphatic rings. The molecule has 2 fully saturated rings. The van der Waals surface area contributed by atoms with Crippen LogP contribution in [0.3, 0.4) is 0 Å². The number of benzene rings is 6. The van der Waals surface area contributed by atoms with Crippen LogP contribution in [0.2, 0.25) is 5.04 Å². The van der Waals surface area contributed by atoms with Crippen molar-refractivity contribution in [3.63, 3.8) is 0 Å². The van der Waals surface area contributed by atoms with Crippen molar-refractivity contribution in [1.82, 2.24) is 4.90 Å². The molecular formula is C63H63NO16Si. The van der Waals surface area contributed by atoms with Gasteiger partial charge in [-0.1, -0.05) is 154 Å². The Labute approximate surface area is 470 Å². The van der Waals surface area contributed by atoms with Crippen LogP contribution in [0.1, 0.15) is 76.1 Å². The Bertz CT molecular complexity index is 3140. The zero-order valence-electron chi connectivity index (χ0n) is 45.5. The smallest absolute Gasteiger partial charge is 0.338 e. The van der Waals surface area contributed by atoms with Crippen LogP contribution >= 0.6 is 0 Å². The van der Waals surface area contributed by atoms with Crippen molar-refractivity contribution in [3.05, 3.63) is 215 Å². The second kappa shape index (κ2) is 25.2. The molecule has 0 radical (unpaired) electrons. The number of carbonyl (C=O) groups excluding carboxylic acids is 6. The minimum absolute atomic E-state index is 0.0611. The summed E-state index contributed by atoms with van der Waals surface area (Å²) in [6.07, 6.45) is -15.2. The van der Waals surface area contributed by atoms with E-state index in [0.717, 1.165) is 15.3 Å². The maximum absolute atomic E-state index is 14.5. The molecule has 2 amide bonds. The quantitative estimate of drug-likeness (QED) is 0.0374. The van der Waals surface area contributed by atoms with Gasteiger partial charge in [-0.2, -0.15) is 0 Å². The van der Waals surface area contributed by atoms with E-state index >= 15 is 0 Å². The van der Waals surface area contributed by atoms with E-state index in [-0.39, 0.29) is 40.0 Å². The summed E-state index contributed by atoms with van der Waals surface area (Å²) >= 11 is 0. The number of amides is 2. The Morgan fingerprint density at radius 2 is 0.988 bits per heavy atom. The van der Waals surface area contributed by atoms with Crippen molar-refractivity contribution in [2.75, 3.05) is 20.3 Å². The molecule has 81 heavy (non-hydrogen) atoms. The molecule has 1 N–H and O–H groups in total. The number of nitrogens with zero attached hydrogens (tertiary/aromatic N) is 1. The first-order valence-electron chi connectivity index (χ1n) is 26.5. The van der Waals surface area contributed by atoms with Gasteiger partial charge in [-0.15, -0.1) is 0 Å². The molecule has 3 heterocycles. The summed E-state index contributed by atoms with van der Waals surface area (Å²) in [7, 11) is -2.05. The minimum atomic E-state index is -3.35. The lowest BCUT2D eigenvalue weighted by Gasteiger charge is -2.49.